The minimum absolute atomic E-state index is 0. The summed E-state index contributed by atoms with van der Waals surface area (Å²) < 4.78 is 6.79. The molecular weight excluding hydrogens is 268 g/mol. The average Bonchev–Trinajstić information content (AvgIpc) is 2.45. The van der Waals surface area contributed by atoms with E-state index in [1.807, 2.05) is 6.07 Å². The van der Waals surface area contributed by atoms with Crippen molar-refractivity contribution < 1.29 is 19.3 Å². The monoisotopic (exact) mass is 288 g/mol. The van der Waals surface area contributed by atoms with Gasteiger partial charge in [-0.25, -0.2) is 9.19 Å². The predicted octanol–water partition coefficient (Wildman–Crippen LogP) is 2.45. The molecule has 0 radical (unpaired) electrons. The van der Waals surface area contributed by atoms with Crippen molar-refractivity contribution in [2.45, 2.75) is 7.43 Å². The van der Waals surface area contributed by atoms with Crippen LogP contribution >= 0.6 is 12.2 Å². The molecule has 7 heteroatoms. The highest BCUT2D eigenvalue weighted by Crippen LogP contribution is 2.19. The third kappa shape index (κ3) is 5.35. The maximum Gasteiger partial charge on any atom is 0.124 e. The molecule has 1 aromatic carbocycles. The van der Waals surface area contributed by atoms with Gasteiger partial charge in [-0.15, -0.1) is 4.33 Å². The largest absolute Gasteiger partial charge is 0.369 e. The smallest absolute Gasteiger partial charge is 0.124 e. The lowest BCUT2D eigenvalue weighted by atomic mass is 10.2. The normalized spacial score (nSPS) is 16.2. The van der Waals surface area contributed by atoms with Crippen molar-refractivity contribution in [2.24, 2.45) is 0 Å². The van der Waals surface area contributed by atoms with Gasteiger partial charge in [-0.2, -0.15) is 0 Å². The van der Waals surface area contributed by atoms with E-state index < -0.39 is 0 Å². The second kappa shape index (κ2) is 9.13. The zero-order valence-electron chi connectivity index (χ0n) is 10.2. The van der Waals surface area contributed by atoms with Crippen LogP contribution in [0.3, 0.4) is 0 Å². The maximum atomic E-state index is 4.73. The Morgan fingerprint density at radius 1 is 1.00 bits per heavy atom. The summed E-state index contributed by atoms with van der Waals surface area (Å²) in [5.74, 6) is 0. The van der Waals surface area contributed by atoms with Gasteiger partial charge in [0.1, 0.15) is 12.2 Å². The maximum absolute atomic E-state index is 4.73. The first-order valence-electron chi connectivity index (χ1n) is 5.66. The molecule has 0 saturated carbocycles. The van der Waals surface area contributed by atoms with E-state index in [0.29, 0.717) is 0 Å². The highest BCUT2D eigenvalue weighted by atomic mass is 32.2. The molecule has 0 unspecified atom stereocenters. The molecule has 1 heterocycles. The van der Waals surface area contributed by atoms with Crippen LogP contribution in [0.15, 0.2) is 30.3 Å². The Morgan fingerprint density at radius 2 is 1.68 bits per heavy atom. The first-order valence-corrected chi connectivity index (χ1v) is 6.36. The SMILES string of the molecule is C.COOOOSN1CCN(c2ccccc2)CC1. The van der Waals surface area contributed by atoms with E-state index in [1.165, 1.54) is 12.8 Å². The lowest BCUT2D eigenvalue weighted by Crippen LogP contribution is -2.43. The lowest BCUT2D eigenvalue weighted by molar-refractivity contribution is -0.598. The minimum Gasteiger partial charge on any atom is -0.369 e. The molecule has 1 saturated heterocycles. The van der Waals surface area contributed by atoms with E-state index >= 15 is 0 Å². The van der Waals surface area contributed by atoms with Gasteiger partial charge in [0.15, 0.2) is 0 Å². The summed E-state index contributed by atoms with van der Waals surface area (Å²) >= 11 is 1.11. The molecule has 1 aliphatic rings. The van der Waals surface area contributed by atoms with Gasteiger partial charge in [0.2, 0.25) is 0 Å². The molecule has 19 heavy (non-hydrogen) atoms. The second-order valence-corrected chi connectivity index (χ2v) is 4.50. The van der Waals surface area contributed by atoms with Gasteiger partial charge in [-0.1, -0.05) is 25.6 Å². The molecule has 0 N–H and O–H groups in total. The summed E-state index contributed by atoms with van der Waals surface area (Å²) in [6, 6.07) is 10.4. The highest BCUT2D eigenvalue weighted by Gasteiger charge is 2.18. The first-order chi connectivity index (χ1) is 8.90. The third-order valence-electron chi connectivity index (χ3n) is 2.62. The summed E-state index contributed by atoms with van der Waals surface area (Å²) in [6.45, 7) is 3.67. The Morgan fingerprint density at radius 3 is 2.32 bits per heavy atom. The number of para-hydroxylation sites is 1. The molecule has 2 rings (SSSR count). The molecule has 0 aromatic heterocycles. The number of hydrogen-bond acceptors (Lipinski definition) is 7. The zero-order valence-corrected chi connectivity index (χ0v) is 11.0. The molecule has 1 fully saturated rings. The van der Waals surface area contributed by atoms with Crippen molar-refractivity contribution in [3.05, 3.63) is 30.3 Å². The predicted molar refractivity (Wildman–Crippen MR) is 74.8 cm³/mol. The molecule has 0 amide bonds. The van der Waals surface area contributed by atoms with Crippen molar-refractivity contribution in [1.82, 2.24) is 4.31 Å². The fourth-order valence-electron chi connectivity index (χ4n) is 1.75. The van der Waals surface area contributed by atoms with Gasteiger partial charge in [0.05, 0.1) is 7.11 Å². The van der Waals surface area contributed by atoms with E-state index in [9.17, 15) is 0 Å². The van der Waals surface area contributed by atoms with E-state index in [1.54, 1.807) is 0 Å². The van der Waals surface area contributed by atoms with Crippen molar-refractivity contribution >= 4 is 17.9 Å². The molecule has 6 nitrogen and oxygen atoms in total. The topological polar surface area (TPSA) is 43.4 Å². The van der Waals surface area contributed by atoms with Crippen LogP contribution in [-0.2, 0) is 19.3 Å². The molecule has 0 atom stereocenters. The number of benzene rings is 1. The van der Waals surface area contributed by atoms with Gasteiger partial charge in [0.25, 0.3) is 0 Å². The van der Waals surface area contributed by atoms with E-state index in [-0.39, 0.29) is 7.43 Å². The van der Waals surface area contributed by atoms with Crippen molar-refractivity contribution in [2.75, 3.05) is 38.2 Å². The molecule has 0 spiro atoms. The van der Waals surface area contributed by atoms with Gasteiger partial charge in [0, 0.05) is 31.9 Å². The second-order valence-electron chi connectivity index (χ2n) is 3.70. The van der Waals surface area contributed by atoms with Gasteiger partial charge >= 0.3 is 0 Å². The molecular formula is C12H20N2O4S. The van der Waals surface area contributed by atoms with Crippen LogP contribution in [-0.4, -0.2) is 37.6 Å². The van der Waals surface area contributed by atoms with Gasteiger partial charge in [-0.3, -0.25) is 0 Å². The molecule has 1 aromatic rings. The number of piperazine rings is 1. The summed E-state index contributed by atoms with van der Waals surface area (Å²) in [4.78, 5) is 6.56. The number of anilines is 1. The Kier molecular flexibility index (Phi) is 7.80. The standard InChI is InChI=1S/C11H16N2O4S.CH4/c1-14-15-16-17-18-13-9-7-12(8-10-13)11-5-3-2-4-6-11;/h2-6H,7-10H2,1H3;1H4. The summed E-state index contributed by atoms with van der Waals surface area (Å²) in [5, 5.41) is 8.42. The van der Waals surface area contributed by atoms with Gasteiger partial charge < -0.3 is 4.90 Å². The zero-order chi connectivity index (χ0) is 12.6. The number of nitrogens with zero attached hydrogens (tertiary/aromatic N) is 2. The van der Waals surface area contributed by atoms with E-state index in [4.69, 9.17) is 4.33 Å². The Labute approximate surface area is 118 Å². The molecule has 108 valence electrons. The van der Waals surface area contributed by atoms with Crippen LogP contribution in [0.25, 0.3) is 0 Å². The first kappa shape index (κ1) is 16.2. The Hall–Kier alpha value is -0.830. The molecule has 1 aliphatic heterocycles. The Balaban J connectivity index is 0.00000180. The van der Waals surface area contributed by atoms with Crippen LogP contribution < -0.4 is 4.90 Å². The quantitative estimate of drug-likeness (QED) is 0.262. The van der Waals surface area contributed by atoms with Crippen molar-refractivity contribution in [1.29, 1.82) is 0 Å². The average molecular weight is 288 g/mol. The molecule has 0 bridgehead atoms. The van der Waals surface area contributed by atoms with Crippen LogP contribution in [0.4, 0.5) is 5.69 Å². The molecule has 0 aliphatic carbocycles. The summed E-state index contributed by atoms with van der Waals surface area (Å²) in [5.41, 5.74) is 1.25. The van der Waals surface area contributed by atoms with Crippen molar-refractivity contribution in [3.8, 4) is 0 Å². The van der Waals surface area contributed by atoms with Crippen LogP contribution in [0, 0.1) is 0 Å². The fourth-order valence-corrected chi connectivity index (χ4v) is 2.20. The van der Waals surface area contributed by atoms with E-state index in [2.05, 4.69) is 48.4 Å². The minimum atomic E-state index is 0. The van der Waals surface area contributed by atoms with Crippen LogP contribution in [0.1, 0.15) is 7.43 Å². The summed E-state index contributed by atoms with van der Waals surface area (Å²) in [7, 11) is 1.34. The lowest BCUT2D eigenvalue weighted by Gasteiger charge is -2.34. The van der Waals surface area contributed by atoms with Crippen LogP contribution in [0.2, 0.25) is 0 Å². The van der Waals surface area contributed by atoms with Crippen molar-refractivity contribution in [3.63, 3.8) is 0 Å². The third-order valence-corrected chi connectivity index (χ3v) is 3.31. The van der Waals surface area contributed by atoms with E-state index in [0.717, 1.165) is 38.4 Å². The van der Waals surface area contributed by atoms with Gasteiger partial charge in [-0.05, 0) is 22.2 Å². The summed E-state index contributed by atoms with van der Waals surface area (Å²) in [6.07, 6.45) is 0. The Bertz CT molecular complexity index is 334. The fraction of sp³-hybridized carbons (Fsp3) is 0.500. The number of hydrogen-bond donors (Lipinski definition) is 0. The number of rotatable bonds is 6. The highest BCUT2D eigenvalue weighted by molar-refractivity contribution is 7.92. The van der Waals surface area contributed by atoms with Crippen LogP contribution in [0.5, 0.6) is 0 Å².